The van der Waals surface area contributed by atoms with Crippen LogP contribution in [0.1, 0.15) is 0 Å². The van der Waals surface area contributed by atoms with Gasteiger partial charge in [0.1, 0.15) is 10.4 Å². The third kappa shape index (κ3) is 4.84. The third-order valence-corrected chi connectivity index (χ3v) is 4.51. The van der Waals surface area contributed by atoms with Gasteiger partial charge < -0.3 is 9.72 Å². The van der Waals surface area contributed by atoms with E-state index >= 15 is 0 Å². The molecule has 0 amide bonds. The van der Waals surface area contributed by atoms with Gasteiger partial charge in [-0.25, -0.2) is 4.98 Å². The molecule has 0 saturated carbocycles. The molecule has 6 heteroatoms. The molecule has 0 bridgehead atoms. The van der Waals surface area contributed by atoms with Gasteiger partial charge in [0.25, 0.3) is 0 Å². The summed E-state index contributed by atoms with van der Waals surface area (Å²) in [5.41, 5.74) is 2.06. The topological polar surface area (TPSA) is 37.9 Å². The van der Waals surface area contributed by atoms with Crippen molar-refractivity contribution < 1.29 is 4.74 Å². The highest BCUT2D eigenvalue weighted by Gasteiger charge is 2.03. The number of aromatic amines is 1. The van der Waals surface area contributed by atoms with Crippen molar-refractivity contribution in [3.8, 4) is 17.0 Å². The quantitative estimate of drug-likeness (QED) is 0.262. The number of hydrogen-bond acceptors (Lipinski definition) is 4. The van der Waals surface area contributed by atoms with Crippen LogP contribution in [0.3, 0.4) is 0 Å². The molecule has 0 fully saturated rings. The number of H-pyrrole nitrogens is 1. The van der Waals surface area contributed by atoms with Gasteiger partial charge in [-0.3, -0.25) is 0 Å². The minimum absolute atomic E-state index is 0.574. The zero-order chi connectivity index (χ0) is 16.8. The van der Waals surface area contributed by atoms with E-state index in [1.165, 1.54) is 0 Å². The molecule has 0 unspecified atom stereocenters. The highest BCUT2D eigenvalue weighted by Crippen LogP contribution is 2.21. The maximum atomic E-state index is 5.85. The summed E-state index contributed by atoms with van der Waals surface area (Å²) >= 11 is 12.7. The molecule has 3 aromatic rings. The van der Waals surface area contributed by atoms with Gasteiger partial charge in [0.15, 0.2) is 5.16 Å². The number of aromatic nitrogens is 2. The van der Waals surface area contributed by atoms with Crippen molar-refractivity contribution >= 4 is 35.6 Å². The van der Waals surface area contributed by atoms with E-state index in [1.54, 1.807) is 11.8 Å². The molecular formula is C18H15ClN2OS2. The Balaban J connectivity index is 1.60. The van der Waals surface area contributed by atoms with Crippen molar-refractivity contribution in [3.05, 3.63) is 70.3 Å². The summed E-state index contributed by atoms with van der Waals surface area (Å²) in [5, 5.41) is 1.49. The summed E-state index contributed by atoms with van der Waals surface area (Å²) in [6.45, 7) is 0.574. The Morgan fingerprint density at radius 2 is 1.83 bits per heavy atom. The van der Waals surface area contributed by atoms with Gasteiger partial charge in [-0.1, -0.05) is 65.9 Å². The van der Waals surface area contributed by atoms with E-state index in [-0.39, 0.29) is 0 Å². The highest BCUT2D eigenvalue weighted by atomic mass is 35.5. The molecule has 2 aromatic carbocycles. The van der Waals surface area contributed by atoms with Crippen LogP contribution in [0.5, 0.6) is 5.75 Å². The van der Waals surface area contributed by atoms with Crippen LogP contribution >= 0.6 is 35.6 Å². The first-order valence-electron chi connectivity index (χ1n) is 7.39. The van der Waals surface area contributed by atoms with Gasteiger partial charge in [0.05, 0.1) is 12.3 Å². The summed E-state index contributed by atoms with van der Waals surface area (Å²) < 4.78 is 6.26. The van der Waals surface area contributed by atoms with Crippen molar-refractivity contribution in [2.45, 2.75) is 5.16 Å². The Morgan fingerprint density at radius 1 is 1.08 bits per heavy atom. The lowest BCUT2D eigenvalue weighted by atomic mass is 10.1. The first-order valence-corrected chi connectivity index (χ1v) is 9.16. The molecule has 0 aliphatic carbocycles. The average Bonchev–Trinajstić information content (AvgIpc) is 2.61. The lowest BCUT2D eigenvalue weighted by molar-refractivity contribution is 0.344. The van der Waals surface area contributed by atoms with Crippen LogP contribution in [-0.4, -0.2) is 22.3 Å². The van der Waals surface area contributed by atoms with E-state index in [4.69, 9.17) is 28.6 Å². The lowest BCUT2D eigenvalue weighted by Crippen LogP contribution is -2.01. The van der Waals surface area contributed by atoms with Crippen molar-refractivity contribution in [2.24, 2.45) is 0 Å². The van der Waals surface area contributed by atoms with Crippen LogP contribution in [0.2, 0.25) is 5.02 Å². The number of ether oxygens (including phenoxy) is 1. The van der Waals surface area contributed by atoms with Gasteiger partial charge in [-0.05, 0) is 35.9 Å². The number of nitrogens with zero attached hydrogens (tertiary/aromatic N) is 1. The van der Waals surface area contributed by atoms with E-state index in [2.05, 4.69) is 9.97 Å². The molecule has 24 heavy (non-hydrogen) atoms. The molecule has 0 saturated heterocycles. The normalized spacial score (nSPS) is 10.5. The second kappa shape index (κ2) is 8.33. The van der Waals surface area contributed by atoms with Crippen LogP contribution in [-0.2, 0) is 0 Å². The fourth-order valence-corrected chi connectivity index (χ4v) is 3.20. The minimum Gasteiger partial charge on any atom is -0.493 e. The molecule has 0 aliphatic heterocycles. The van der Waals surface area contributed by atoms with E-state index in [9.17, 15) is 0 Å². The number of halogens is 1. The maximum Gasteiger partial charge on any atom is 0.167 e. The molecule has 0 atom stereocenters. The first-order chi connectivity index (χ1) is 11.7. The number of benzene rings is 2. The summed E-state index contributed by atoms with van der Waals surface area (Å²) in [6, 6.07) is 19.3. The number of hydrogen-bond donors (Lipinski definition) is 1. The SMILES string of the molecule is S=c1cc(-c2ccccc2)[nH]c(SCCOc2ccc(Cl)cc2)n1. The third-order valence-electron chi connectivity index (χ3n) is 3.21. The van der Waals surface area contributed by atoms with Crippen LogP contribution in [0.25, 0.3) is 11.3 Å². The summed E-state index contributed by atoms with van der Waals surface area (Å²) in [6.07, 6.45) is 0. The standard InChI is InChI=1S/C18H15ClN2OS2/c19-14-6-8-15(9-7-14)22-10-11-24-18-20-16(12-17(23)21-18)13-4-2-1-3-5-13/h1-9,12H,10-11H2,(H,20,21,23). The largest absolute Gasteiger partial charge is 0.493 e. The van der Waals surface area contributed by atoms with Crippen LogP contribution in [0, 0.1) is 4.64 Å². The molecule has 3 rings (SSSR count). The van der Waals surface area contributed by atoms with Crippen LogP contribution in [0.4, 0.5) is 0 Å². The molecule has 1 heterocycles. The molecule has 1 N–H and O–H groups in total. The Morgan fingerprint density at radius 3 is 2.58 bits per heavy atom. The van der Waals surface area contributed by atoms with Gasteiger partial charge in [0.2, 0.25) is 0 Å². The number of rotatable bonds is 6. The minimum atomic E-state index is 0.574. The summed E-state index contributed by atoms with van der Waals surface area (Å²) in [4.78, 5) is 7.68. The summed E-state index contributed by atoms with van der Waals surface area (Å²) in [7, 11) is 0. The number of thioether (sulfide) groups is 1. The summed E-state index contributed by atoms with van der Waals surface area (Å²) in [5.74, 6) is 1.57. The molecular weight excluding hydrogens is 360 g/mol. The van der Waals surface area contributed by atoms with Crippen molar-refractivity contribution in [1.29, 1.82) is 0 Å². The van der Waals surface area contributed by atoms with Gasteiger partial charge in [-0.15, -0.1) is 0 Å². The zero-order valence-electron chi connectivity index (χ0n) is 12.7. The molecule has 0 spiro atoms. The molecule has 0 aliphatic rings. The first kappa shape index (κ1) is 17.0. The predicted molar refractivity (Wildman–Crippen MR) is 103 cm³/mol. The van der Waals surface area contributed by atoms with Crippen LogP contribution in [0.15, 0.2) is 65.8 Å². The Kier molecular flexibility index (Phi) is 5.91. The predicted octanol–water partition coefficient (Wildman–Crippen LogP) is 5.63. The Labute approximate surface area is 155 Å². The fourth-order valence-electron chi connectivity index (χ4n) is 2.11. The molecule has 3 nitrogen and oxygen atoms in total. The average molecular weight is 375 g/mol. The van der Waals surface area contributed by atoms with Gasteiger partial charge in [0, 0.05) is 10.8 Å². The highest BCUT2D eigenvalue weighted by molar-refractivity contribution is 7.99. The van der Waals surface area contributed by atoms with Crippen molar-refractivity contribution in [1.82, 2.24) is 9.97 Å². The van der Waals surface area contributed by atoms with Gasteiger partial charge in [-0.2, -0.15) is 0 Å². The van der Waals surface area contributed by atoms with Crippen LogP contribution < -0.4 is 4.74 Å². The fraction of sp³-hybridized carbons (Fsp3) is 0.111. The van der Waals surface area contributed by atoms with Crippen molar-refractivity contribution in [3.63, 3.8) is 0 Å². The molecule has 0 radical (unpaired) electrons. The van der Waals surface area contributed by atoms with E-state index < -0.39 is 0 Å². The number of nitrogens with one attached hydrogen (secondary N) is 1. The van der Waals surface area contributed by atoms with Gasteiger partial charge >= 0.3 is 0 Å². The van der Waals surface area contributed by atoms with Crippen molar-refractivity contribution in [2.75, 3.05) is 12.4 Å². The van der Waals surface area contributed by atoms with E-state index in [0.29, 0.717) is 16.3 Å². The monoisotopic (exact) mass is 374 g/mol. The molecule has 1 aromatic heterocycles. The smallest absolute Gasteiger partial charge is 0.167 e. The van der Waals surface area contributed by atoms with E-state index in [1.807, 2.05) is 60.7 Å². The second-order valence-electron chi connectivity index (χ2n) is 4.96. The molecule has 122 valence electrons. The Hall–Kier alpha value is -1.82. The lowest BCUT2D eigenvalue weighted by Gasteiger charge is -2.07. The maximum absolute atomic E-state index is 5.85. The Bertz CT molecular complexity index is 851. The zero-order valence-corrected chi connectivity index (χ0v) is 15.1. The second-order valence-corrected chi connectivity index (χ2v) is 6.89. The van der Waals surface area contributed by atoms with E-state index in [0.717, 1.165) is 27.9 Å².